The highest BCUT2D eigenvalue weighted by atomic mass is 16.6. The van der Waals surface area contributed by atoms with E-state index in [0.29, 0.717) is 12.4 Å². The molecule has 2 N–H and O–H groups in total. The predicted octanol–water partition coefficient (Wildman–Crippen LogP) is 3.02. The zero-order valence-electron chi connectivity index (χ0n) is 11.1. The highest BCUT2D eigenvalue weighted by Crippen LogP contribution is 2.24. The third kappa shape index (κ3) is 3.47. The highest BCUT2D eigenvalue weighted by molar-refractivity contribution is 5.60. The van der Waals surface area contributed by atoms with Crippen LogP contribution in [0.2, 0.25) is 0 Å². The van der Waals surface area contributed by atoms with E-state index in [0.717, 1.165) is 18.5 Å². The summed E-state index contributed by atoms with van der Waals surface area (Å²) in [6.07, 6.45) is 4.09. The van der Waals surface area contributed by atoms with Crippen molar-refractivity contribution in [3.05, 3.63) is 46.4 Å². The molecule has 0 aromatic carbocycles. The van der Waals surface area contributed by atoms with Crippen LogP contribution in [0.1, 0.15) is 18.9 Å². The molecule has 0 radical (unpaired) electrons. The molecule has 7 nitrogen and oxygen atoms in total. The zero-order valence-corrected chi connectivity index (χ0v) is 11.1. The van der Waals surface area contributed by atoms with Gasteiger partial charge in [0.05, 0.1) is 17.4 Å². The van der Waals surface area contributed by atoms with E-state index in [1.165, 1.54) is 6.07 Å². The molecule has 0 aliphatic heterocycles. The summed E-state index contributed by atoms with van der Waals surface area (Å²) >= 11 is 0. The summed E-state index contributed by atoms with van der Waals surface area (Å²) in [7, 11) is 0. The summed E-state index contributed by atoms with van der Waals surface area (Å²) in [4.78, 5) is 14.8. The third-order valence-corrected chi connectivity index (χ3v) is 2.67. The van der Waals surface area contributed by atoms with Crippen molar-refractivity contribution >= 4 is 17.3 Å². The van der Waals surface area contributed by atoms with Crippen molar-refractivity contribution < 1.29 is 9.34 Å². The first kappa shape index (κ1) is 13.9. The molecule has 0 aliphatic carbocycles. The smallest absolute Gasteiger partial charge is 0.311 e. The Morgan fingerprint density at radius 1 is 1.35 bits per heavy atom. The Hall–Kier alpha value is -2.57. The lowest BCUT2D eigenvalue weighted by Crippen LogP contribution is -2.07. The lowest BCUT2D eigenvalue weighted by molar-refractivity contribution is -0.384. The number of furan rings is 1. The quantitative estimate of drug-likeness (QED) is 0.596. The van der Waals surface area contributed by atoms with Gasteiger partial charge >= 0.3 is 5.69 Å². The molecule has 2 heterocycles. The molecule has 0 aliphatic rings. The van der Waals surface area contributed by atoms with Gasteiger partial charge in [0.2, 0.25) is 5.82 Å². The van der Waals surface area contributed by atoms with Crippen molar-refractivity contribution in [2.75, 3.05) is 17.2 Å². The van der Waals surface area contributed by atoms with Crippen LogP contribution in [0, 0.1) is 10.1 Å². The van der Waals surface area contributed by atoms with Crippen molar-refractivity contribution in [2.24, 2.45) is 0 Å². The van der Waals surface area contributed by atoms with E-state index < -0.39 is 4.92 Å². The molecule has 0 saturated heterocycles. The van der Waals surface area contributed by atoms with Crippen molar-refractivity contribution in [3.8, 4) is 0 Å². The maximum Gasteiger partial charge on any atom is 0.311 e. The standard InChI is InChI=1S/C13H16N4O3/c1-2-6-14-12-4-3-11(17(18)19)13(16-12)15-8-10-5-7-20-9-10/h3-5,7,9H,2,6,8H2,1H3,(H2,14,15,16). The molecule has 7 heteroatoms. The Morgan fingerprint density at radius 3 is 2.85 bits per heavy atom. The molecule has 0 unspecified atom stereocenters. The molecule has 0 saturated carbocycles. The average Bonchev–Trinajstić information content (AvgIpc) is 2.96. The number of aromatic nitrogens is 1. The van der Waals surface area contributed by atoms with Gasteiger partial charge in [-0.25, -0.2) is 4.98 Å². The number of hydrogen-bond donors (Lipinski definition) is 2. The second-order valence-corrected chi connectivity index (χ2v) is 4.23. The Bertz CT molecular complexity index is 569. The molecule has 2 aromatic rings. The molecule has 0 spiro atoms. The Balaban J connectivity index is 2.15. The van der Waals surface area contributed by atoms with Crippen molar-refractivity contribution in [1.29, 1.82) is 0 Å². The summed E-state index contributed by atoms with van der Waals surface area (Å²) in [5.74, 6) is 0.865. The van der Waals surface area contributed by atoms with E-state index in [-0.39, 0.29) is 11.5 Å². The van der Waals surface area contributed by atoms with Crippen LogP contribution in [0.25, 0.3) is 0 Å². The van der Waals surface area contributed by atoms with Crippen LogP contribution in [-0.4, -0.2) is 16.5 Å². The maximum absolute atomic E-state index is 11.0. The van der Waals surface area contributed by atoms with Crippen LogP contribution < -0.4 is 10.6 Å². The Labute approximate surface area is 116 Å². The number of pyridine rings is 1. The first-order chi connectivity index (χ1) is 9.70. The predicted molar refractivity (Wildman–Crippen MR) is 75.7 cm³/mol. The molecule has 0 bridgehead atoms. The Kier molecular flexibility index (Phi) is 4.54. The fraction of sp³-hybridized carbons (Fsp3) is 0.308. The van der Waals surface area contributed by atoms with E-state index in [9.17, 15) is 10.1 Å². The molecular weight excluding hydrogens is 260 g/mol. The van der Waals surface area contributed by atoms with Crippen LogP contribution in [0.5, 0.6) is 0 Å². The molecule has 0 fully saturated rings. The summed E-state index contributed by atoms with van der Waals surface area (Å²) in [5, 5.41) is 17.1. The summed E-state index contributed by atoms with van der Waals surface area (Å²) < 4.78 is 4.95. The van der Waals surface area contributed by atoms with Crippen molar-refractivity contribution in [1.82, 2.24) is 4.98 Å². The SMILES string of the molecule is CCCNc1ccc([N+](=O)[O-])c(NCc2ccoc2)n1. The number of hydrogen-bond acceptors (Lipinski definition) is 6. The topological polar surface area (TPSA) is 93.2 Å². The lowest BCUT2D eigenvalue weighted by atomic mass is 10.3. The molecule has 106 valence electrons. The van der Waals surface area contributed by atoms with E-state index in [1.54, 1.807) is 24.7 Å². The first-order valence-corrected chi connectivity index (χ1v) is 6.35. The van der Waals surface area contributed by atoms with Crippen molar-refractivity contribution in [3.63, 3.8) is 0 Å². The van der Waals surface area contributed by atoms with Crippen LogP contribution >= 0.6 is 0 Å². The van der Waals surface area contributed by atoms with Crippen molar-refractivity contribution in [2.45, 2.75) is 19.9 Å². The number of nitro groups is 1. The summed E-state index contributed by atoms with van der Waals surface area (Å²) in [5.41, 5.74) is 0.851. The minimum Gasteiger partial charge on any atom is -0.472 e. The van der Waals surface area contributed by atoms with E-state index in [4.69, 9.17) is 4.42 Å². The van der Waals surface area contributed by atoms with Crippen LogP contribution in [0.15, 0.2) is 35.1 Å². The monoisotopic (exact) mass is 276 g/mol. The minimum atomic E-state index is -0.450. The normalized spacial score (nSPS) is 10.2. The minimum absolute atomic E-state index is 0.0458. The van der Waals surface area contributed by atoms with Crippen LogP contribution in [0.4, 0.5) is 17.3 Å². The first-order valence-electron chi connectivity index (χ1n) is 6.35. The average molecular weight is 276 g/mol. The van der Waals surface area contributed by atoms with Gasteiger partial charge in [-0.05, 0) is 18.6 Å². The molecule has 2 aromatic heterocycles. The lowest BCUT2D eigenvalue weighted by Gasteiger charge is -2.08. The fourth-order valence-electron chi connectivity index (χ4n) is 1.66. The zero-order chi connectivity index (χ0) is 14.4. The van der Waals surface area contributed by atoms with Gasteiger partial charge in [-0.2, -0.15) is 0 Å². The number of rotatable bonds is 7. The molecular formula is C13H16N4O3. The molecule has 0 amide bonds. The molecule has 2 rings (SSSR count). The van der Waals surface area contributed by atoms with Crippen LogP contribution in [0.3, 0.4) is 0 Å². The van der Waals surface area contributed by atoms with Crippen LogP contribution in [-0.2, 0) is 6.54 Å². The largest absolute Gasteiger partial charge is 0.472 e. The number of nitrogens with one attached hydrogen (secondary N) is 2. The van der Waals surface area contributed by atoms with E-state index >= 15 is 0 Å². The fourth-order valence-corrected chi connectivity index (χ4v) is 1.66. The second kappa shape index (κ2) is 6.55. The van der Waals surface area contributed by atoms with Gasteiger partial charge in [0, 0.05) is 24.7 Å². The van der Waals surface area contributed by atoms with Gasteiger partial charge in [0.25, 0.3) is 0 Å². The maximum atomic E-state index is 11.0. The Morgan fingerprint density at radius 2 is 2.20 bits per heavy atom. The van der Waals surface area contributed by atoms with Gasteiger partial charge < -0.3 is 15.1 Å². The second-order valence-electron chi connectivity index (χ2n) is 4.23. The van der Waals surface area contributed by atoms with Gasteiger partial charge in [0.15, 0.2) is 0 Å². The third-order valence-electron chi connectivity index (χ3n) is 2.67. The summed E-state index contributed by atoms with van der Waals surface area (Å²) in [6, 6.07) is 4.84. The van der Waals surface area contributed by atoms with E-state index in [2.05, 4.69) is 15.6 Å². The van der Waals surface area contributed by atoms with Gasteiger partial charge in [-0.15, -0.1) is 0 Å². The van der Waals surface area contributed by atoms with Gasteiger partial charge in [-0.3, -0.25) is 10.1 Å². The number of anilines is 2. The molecule has 0 atom stereocenters. The molecule has 20 heavy (non-hydrogen) atoms. The highest BCUT2D eigenvalue weighted by Gasteiger charge is 2.15. The van der Waals surface area contributed by atoms with E-state index in [1.807, 2.05) is 6.92 Å². The summed E-state index contributed by atoms with van der Waals surface area (Å²) in [6.45, 7) is 3.23. The number of nitrogens with zero attached hydrogens (tertiary/aromatic N) is 2. The van der Waals surface area contributed by atoms with Gasteiger partial charge in [0.1, 0.15) is 5.82 Å². The van der Waals surface area contributed by atoms with Gasteiger partial charge in [-0.1, -0.05) is 6.92 Å².